The van der Waals surface area contributed by atoms with E-state index in [1.807, 2.05) is 19.1 Å². The third-order valence-electron chi connectivity index (χ3n) is 5.51. The molecule has 2 N–H and O–H groups in total. The summed E-state index contributed by atoms with van der Waals surface area (Å²) in [6, 6.07) is 8.94. The maximum Gasteiger partial charge on any atom is 0.269 e. The molecule has 1 amide bonds. The summed E-state index contributed by atoms with van der Waals surface area (Å²) in [5, 5.41) is 16.6. The van der Waals surface area contributed by atoms with Gasteiger partial charge in [-0.3, -0.25) is 14.9 Å². The average molecular weight is 461 g/mol. The molecule has 0 radical (unpaired) electrons. The van der Waals surface area contributed by atoms with Gasteiger partial charge in [-0.1, -0.05) is 17.7 Å². The van der Waals surface area contributed by atoms with Crippen molar-refractivity contribution in [3.8, 4) is 0 Å². The molecule has 2 aromatic rings. The van der Waals surface area contributed by atoms with E-state index in [1.54, 1.807) is 26.0 Å². The first-order chi connectivity index (χ1) is 15.1. The van der Waals surface area contributed by atoms with Gasteiger partial charge in [0.25, 0.3) is 5.69 Å². The Bertz CT molecular complexity index is 1090. The van der Waals surface area contributed by atoms with Crippen LogP contribution >= 0.6 is 0 Å². The summed E-state index contributed by atoms with van der Waals surface area (Å²) in [6.45, 7) is 6.49. The quantitative estimate of drug-likeness (QED) is 0.355. The molecule has 3 rings (SSSR count). The minimum atomic E-state index is -3.79. The van der Waals surface area contributed by atoms with Crippen LogP contribution in [0.25, 0.3) is 0 Å². The van der Waals surface area contributed by atoms with E-state index in [4.69, 9.17) is 0 Å². The van der Waals surface area contributed by atoms with Crippen LogP contribution in [0.15, 0.2) is 41.3 Å². The summed E-state index contributed by atoms with van der Waals surface area (Å²) in [5.41, 5.74) is 3.06. The number of benzene rings is 2. The Morgan fingerprint density at radius 2 is 1.75 bits per heavy atom. The van der Waals surface area contributed by atoms with Crippen LogP contribution in [0.5, 0.6) is 0 Å². The highest BCUT2D eigenvalue weighted by molar-refractivity contribution is 7.89. The summed E-state index contributed by atoms with van der Waals surface area (Å²) >= 11 is 0. The fraction of sp³-hybridized carbons (Fsp3) is 0.409. The minimum absolute atomic E-state index is 0.00503. The molecule has 1 aliphatic heterocycles. The van der Waals surface area contributed by atoms with Crippen LogP contribution in [0.3, 0.4) is 0 Å². The molecule has 10 heteroatoms. The topological polar surface area (TPSA) is 122 Å². The van der Waals surface area contributed by atoms with E-state index in [0.29, 0.717) is 49.3 Å². The van der Waals surface area contributed by atoms with Crippen molar-refractivity contribution in [2.45, 2.75) is 44.6 Å². The molecule has 1 fully saturated rings. The van der Waals surface area contributed by atoms with Gasteiger partial charge in [0.05, 0.1) is 9.82 Å². The largest absolute Gasteiger partial charge is 0.383 e. The molecule has 0 bridgehead atoms. The van der Waals surface area contributed by atoms with Crippen LogP contribution in [0, 0.1) is 30.9 Å². The zero-order valence-electron chi connectivity index (χ0n) is 18.4. The van der Waals surface area contributed by atoms with Crippen LogP contribution in [0.2, 0.25) is 0 Å². The van der Waals surface area contributed by atoms with Crippen molar-refractivity contribution in [2.24, 2.45) is 0 Å². The van der Waals surface area contributed by atoms with Gasteiger partial charge in [0, 0.05) is 37.5 Å². The number of aryl methyl sites for hydroxylation is 3. The first-order valence-corrected chi connectivity index (χ1v) is 11.9. The standard InChI is InChI=1S/C22H28N4O5S/c1-15-13-16(2)21(17(3)14-15)32(30,31)25-12-4-5-20(25)22(27)24-11-10-23-18-6-8-19(9-7-18)26(28)29/h6-9,13-14,20,23H,4-5,10-12H2,1-3H3,(H,24,27). The SMILES string of the molecule is Cc1cc(C)c(S(=O)(=O)N2CCCC2C(=O)NCCNc2ccc([N+](=O)[O-])cc2)c(C)c1. The Balaban J connectivity index is 1.61. The number of nitrogens with zero attached hydrogens (tertiary/aromatic N) is 2. The van der Waals surface area contributed by atoms with Gasteiger partial charge < -0.3 is 10.6 Å². The van der Waals surface area contributed by atoms with Gasteiger partial charge in [0.2, 0.25) is 15.9 Å². The lowest BCUT2D eigenvalue weighted by atomic mass is 10.1. The van der Waals surface area contributed by atoms with Gasteiger partial charge in [-0.25, -0.2) is 8.42 Å². The highest BCUT2D eigenvalue weighted by Gasteiger charge is 2.40. The highest BCUT2D eigenvalue weighted by atomic mass is 32.2. The normalized spacial score (nSPS) is 16.7. The van der Waals surface area contributed by atoms with E-state index >= 15 is 0 Å². The van der Waals surface area contributed by atoms with E-state index < -0.39 is 21.0 Å². The number of nitrogens with one attached hydrogen (secondary N) is 2. The first-order valence-electron chi connectivity index (χ1n) is 10.5. The van der Waals surface area contributed by atoms with Gasteiger partial charge in [-0.2, -0.15) is 4.31 Å². The first kappa shape index (κ1) is 23.7. The van der Waals surface area contributed by atoms with Crippen molar-refractivity contribution in [3.63, 3.8) is 0 Å². The smallest absolute Gasteiger partial charge is 0.269 e. The van der Waals surface area contributed by atoms with Crippen LogP contribution < -0.4 is 10.6 Å². The van der Waals surface area contributed by atoms with Crippen molar-refractivity contribution in [1.29, 1.82) is 0 Å². The van der Waals surface area contributed by atoms with Gasteiger partial charge >= 0.3 is 0 Å². The molecule has 2 aromatic carbocycles. The zero-order valence-corrected chi connectivity index (χ0v) is 19.2. The Hall–Kier alpha value is -2.98. The summed E-state index contributed by atoms with van der Waals surface area (Å²) in [6.07, 6.45) is 1.10. The van der Waals surface area contributed by atoms with Crippen LogP contribution in [-0.2, 0) is 14.8 Å². The number of sulfonamides is 1. The van der Waals surface area contributed by atoms with Crippen molar-refractivity contribution in [2.75, 3.05) is 25.0 Å². The maximum atomic E-state index is 13.4. The molecule has 32 heavy (non-hydrogen) atoms. The predicted molar refractivity (Wildman–Crippen MR) is 122 cm³/mol. The lowest BCUT2D eigenvalue weighted by molar-refractivity contribution is -0.384. The van der Waals surface area contributed by atoms with E-state index in [2.05, 4.69) is 10.6 Å². The third kappa shape index (κ3) is 5.08. The predicted octanol–water partition coefficient (Wildman–Crippen LogP) is 2.90. The molecule has 1 atom stereocenters. The van der Waals surface area contributed by atoms with Gasteiger partial charge in [0.15, 0.2) is 0 Å². The van der Waals surface area contributed by atoms with E-state index in [-0.39, 0.29) is 16.5 Å². The fourth-order valence-corrected chi connectivity index (χ4v) is 6.26. The Labute approximate surface area is 188 Å². The second-order valence-electron chi connectivity index (χ2n) is 8.02. The number of nitro benzene ring substituents is 1. The zero-order chi connectivity index (χ0) is 23.5. The van der Waals surface area contributed by atoms with Crippen molar-refractivity contribution >= 4 is 27.3 Å². The minimum Gasteiger partial charge on any atom is -0.383 e. The number of nitro groups is 1. The molecule has 1 aliphatic rings. The van der Waals surface area contributed by atoms with Crippen molar-refractivity contribution < 1.29 is 18.1 Å². The monoisotopic (exact) mass is 460 g/mol. The number of carbonyl (C=O) groups is 1. The molecule has 0 spiro atoms. The van der Waals surface area contributed by atoms with Gasteiger partial charge in [-0.05, 0) is 56.9 Å². The second kappa shape index (κ2) is 9.66. The molecule has 1 unspecified atom stereocenters. The van der Waals surface area contributed by atoms with E-state index in [1.165, 1.54) is 16.4 Å². The number of non-ortho nitro benzene ring substituents is 1. The molecule has 0 aromatic heterocycles. The lowest BCUT2D eigenvalue weighted by Gasteiger charge is -2.25. The molecule has 0 aliphatic carbocycles. The fourth-order valence-electron chi connectivity index (χ4n) is 4.19. The highest BCUT2D eigenvalue weighted by Crippen LogP contribution is 2.30. The Morgan fingerprint density at radius 3 is 2.34 bits per heavy atom. The van der Waals surface area contributed by atoms with Crippen molar-refractivity contribution in [3.05, 3.63) is 63.2 Å². The molecule has 0 saturated carbocycles. The lowest BCUT2D eigenvalue weighted by Crippen LogP contribution is -2.47. The number of hydrogen-bond donors (Lipinski definition) is 2. The number of hydrogen-bond acceptors (Lipinski definition) is 6. The van der Waals surface area contributed by atoms with Gasteiger partial charge in [-0.15, -0.1) is 0 Å². The summed E-state index contributed by atoms with van der Waals surface area (Å²) in [4.78, 5) is 23.3. The molecule has 1 saturated heterocycles. The van der Waals surface area contributed by atoms with E-state index in [9.17, 15) is 23.3 Å². The van der Waals surface area contributed by atoms with Crippen LogP contribution in [-0.4, -0.2) is 49.2 Å². The molecular weight excluding hydrogens is 432 g/mol. The average Bonchev–Trinajstić information content (AvgIpc) is 3.21. The maximum absolute atomic E-state index is 13.4. The number of carbonyl (C=O) groups excluding carboxylic acids is 1. The second-order valence-corrected chi connectivity index (χ2v) is 9.85. The Morgan fingerprint density at radius 1 is 1.12 bits per heavy atom. The molecular formula is C22H28N4O5S. The molecule has 172 valence electrons. The summed E-state index contributed by atoms with van der Waals surface area (Å²) in [5.74, 6) is -0.320. The number of anilines is 1. The van der Waals surface area contributed by atoms with Crippen molar-refractivity contribution in [1.82, 2.24) is 9.62 Å². The van der Waals surface area contributed by atoms with Crippen LogP contribution in [0.4, 0.5) is 11.4 Å². The third-order valence-corrected chi connectivity index (χ3v) is 7.72. The molecule has 9 nitrogen and oxygen atoms in total. The Kier molecular flexibility index (Phi) is 7.15. The number of rotatable bonds is 8. The number of amides is 1. The molecule has 1 heterocycles. The van der Waals surface area contributed by atoms with E-state index in [0.717, 1.165) is 5.56 Å². The van der Waals surface area contributed by atoms with Gasteiger partial charge in [0.1, 0.15) is 6.04 Å². The van der Waals surface area contributed by atoms with Crippen LogP contribution in [0.1, 0.15) is 29.5 Å². The summed E-state index contributed by atoms with van der Waals surface area (Å²) in [7, 11) is -3.79. The summed E-state index contributed by atoms with van der Waals surface area (Å²) < 4.78 is 28.1.